The number of aromatic nitrogens is 6. The second-order valence-electron chi connectivity index (χ2n) is 6.60. The van der Waals surface area contributed by atoms with Crippen LogP contribution in [0.5, 0.6) is 5.88 Å². The van der Waals surface area contributed by atoms with Crippen molar-refractivity contribution >= 4 is 17.0 Å². The van der Waals surface area contributed by atoms with Crippen molar-refractivity contribution in [1.29, 1.82) is 0 Å². The van der Waals surface area contributed by atoms with Gasteiger partial charge in [-0.05, 0) is 31.5 Å². The third-order valence-electron chi connectivity index (χ3n) is 4.69. The van der Waals surface area contributed by atoms with Crippen LogP contribution in [0.1, 0.15) is 35.8 Å². The Morgan fingerprint density at radius 3 is 2.68 bits per heavy atom. The molecule has 0 spiro atoms. The van der Waals surface area contributed by atoms with E-state index in [0.29, 0.717) is 16.6 Å². The Morgan fingerprint density at radius 2 is 1.97 bits per heavy atom. The molecule has 0 radical (unpaired) electrons. The highest BCUT2D eigenvalue weighted by molar-refractivity contribution is 5.88. The van der Waals surface area contributed by atoms with Crippen molar-refractivity contribution in [2.24, 2.45) is 0 Å². The topological polar surface area (TPSA) is 97.0 Å². The molecule has 0 fully saturated rings. The molecule has 0 N–H and O–H groups in total. The molecular weight excluding hydrogens is 410 g/mol. The maximum Gasteiger partial charge on any atom is 0.341 e. The molecule has 0 unspecified atom stereocenters. The molecule has 9 nitrogen and oxygen atoms in total. The fraction of sp³-hybridized carbons (Fsp3) is 0.250. The summed E-state index contributed by atoms with van der Waals surface area (Å²) >= 11 is 0. The monoisotopic (exact) mass is 428 g/mol. The number of esters is 1. The Kier molecular flexibility index (Phi) is 5.32. The maximum absolute atomic E-state index is 13.7. The van der Waals surface area contributed by atoms with Crippen molar-refractivity contribution < 1.29 is 23.0 Å². The van der Waals surface area contributed by atoms with Crippen LogP contribution in [0.15, 0.2) is 36.8 Å². The normalized spacial score (nSPS) is 12.2. The van der Waals surface area contributed by atoms with E-state index in [4.69, 9.17) is 9.47 Å². The molecule has 0 aliphatic carbocycles. The van der Waals surface area contributed by atoms with E-state index in [0.717, 1.165) is 12.1 Å². The fourth-order valence-electron chi connectivity index (χ4n) is 3.12. The molecule has 0 aliphatic heterocycles. The lowest BCUT2D eigenvalue weighted by Gasteiger charge is -2.15. The number of halogens is 2. The lowest BCUT2D eigenvalue weighted by Crippen LogP contribution is -2.11. The quantitative estimate of drug-likeness (QED) is 0.435. The van der Waals surface area contributed by atoms with Gasteiger partial charge in [-0.2, -0.15) is 15.2 Å². The minimum atomic E-state index is -0.942. The van der Waals surface area contributed by atoms with Gasteiger partial charge in [0.2, 0.25) is 5.88 Å². The number of rotatable bonds is 6. The first-order chi connectivity index (χ1) is 14.9. The summed E-state index contributed by atoms with van der Waals surface area (Å²) in [6.07, 6.45) is 4.31. The Bertz CT molecular complexity index is 1270. The summed E-state index contributed by atoms with van der Waals surface area (Å²) in [4.78, 5) is 20.7. The summed E-state index contributed by atoms with van der Waals surface area (Å²) in [5.41, 5.74) is 1.69. The number of hydrogen-bond acceptors (Lipinski definition) is 7. The molecule has 3 heterocycles. The molecule has 160 valence electrons. The smallest absolute Gasteiger partial charge is 0.341 e. The molecule has 0 bridgehead atoms. The van der Waals surface area contributed by atoms with Crippen LogP contribution in [0.3, 0.4) is 0 Å². The van der Waals surface area contributed by atoms with Gasteiger partial charge in [-0.15, -0.1) is 0 Å². The largest absolute Gasteiger partial charge is 0.479 e. The van der Waals surface area contributed by atoms with Crippen molar-refractivity contribution in [3.8, 4) is 11.8 Å². The predicted octanol–water partition coefficient (Wildman–Crippen LogP) is 3.08. The highest BCUT2D eigenvalue weighted by Gasteiger charge is 2.21. The molecule has 3 aromatic heterocycles. The summed E-state index contributed by atoms with van der Waals surface area (Å²) in [5, 5.41) is 8.45. The SMILES string of the molecule is CCOC(=O)c1cnn(-c2nc(OC)c3c(cnn3[C@@H](C)c3ccc(F)c(F)c3)n2)c1. The molecule has 0 aliphatic rings. The minimum absolute atomic E-state index is 0.167. The molecule has 4 rings (SSSR count). The summed E-state index contributed by atoms with van der Waals surface area (Å²) in [5.74, 6) is -1.99. The third kappa shape index (κ3) is 3.69. The molecule has 0 saturated heterocycles. The number of nitrogens with zero attached hydrogens (tertiary/aromatic N) is 6. The van der Waals surface area contributed by atoms with E-state index in [9.17, 15) is 13.6 Å². The van der Waals surface area contributed by atoms with Gasteiger partial charge in [-0.25, -0.2) is 23.2 Å². The van der Waals surface area contributed by atoms with Crippen molar-refractivity contribution in [2.45, 2.75) is 19.9 Å². The summed E-state index contributed by atoms with van der Waals surface area (Å²) in [6.45, 7) is 3.74. The number of hydrogen-bond donors (Lipinski definition) is 0. The maximum atomic E-state index is 13.7. The van der Waals surface area contributed by atoms with Gasteiger partial charge in [0.1, 0.15) is 11.0 Å². The van der Waals surface area contributed by atoms with Gasteiger partial charge in [0.15, 0.2) is 11.6 Å². The summed E-state index contributed by atoms with van der Waals surface area (Å²) < 4.78 is 40.3. The molecule has 4 aromatic rings. The molecule has 1 aromatic carbocycles. The number of ether oxygens (including phenoxy) is 2. The van der Waals surface area contributed by atoms with Gasteiger partial charge >= 0.3 is 5.97 Å². The predicted molar refractivity (Wildman–Crippen MR) is 105 cm³/mol. The Labute approximate surface area is 175 Å². The van der Waals surface area contributed by atoms with Crippen LogP contribution in [0.25, 0.3) is 17.0 Å². The lowest BCUT2D eigenvalue weighted by atomic mass is 10.1. The van der Waals surface area contributed by atoms with Gasteiger partial charge in [0, 0.05) is 6.20 Å². The Morgan fingerprint density at radius 1 is 1.16 bits per heavy atom. The highest BCUT2D eigenvalue weighted by atomic mass is 19.2. The first-order valence-corrected chi connectivity index (χ1v) is 9.39. The zero-order chi connectivity index (χ0) is 22.1. The van der Waals surface area contributed by atoms with Gasteiger partial charge in [0.05, 0.1) is 37.7 Å². The van der Waals surface area contributed by atoms with Gasteiger partial charge in [-0.1, -0.05) is 6.07 Å². The van der Waals surface area contributed by atoms with Crippen molar-refractivity contribution in [1.82, 2.24) is 29.5 Å². The van der Waals surface area contributed by atoms with Crippen LogP contribution in [-0.2, 0) is 4.74 Å². The first kappa shape index (κ1) is 20.4. The van der Waals surface area contributed by atoms with Crippen LogP contribution in [-0.4, -0.2) is 49.2 Å². The Balaban J connectivity index is 1.75. The van der Waals surface area contributed by atoms with Crippen molar-refractivity contribution in [3.63, 3.8) is 0 Å². The third-order valence-corrected chi connectivity index (χ3v) is 4.69. The standard InChI is InChI=1S/C20H18F2N6O3/c1-4-31-19(29)13-8-23-27(10-13)20-25-16-9-24-28(17(16)18(26-20)30-3)11(2)12-5-6-14(21)15(22)7-12/h5-11H,4H2,1-3H3/t11-/m0/s1. The molecule has 31 heavy (non-hydrogen) atoms. The summed E-state index contributed by atoms with van der Waals surface area (Å²) in [6, 6.07) is 3.22. The van der Waals surface area contributed by atoms with Crippen LogP contribution in [0.4, 0.5) is 8.78 Å². The second-order valence-corrected chi connectivity index (χ2v) is 6.60. The first-order valence-electron chi connectivity index (χ1n) is 9.39. The number of carbonyl (C=O) groups excluding carboxylic acids is 1. The number of carbonyl (C=O) groups is 1. The van der Waals surface area contributed by atoms with E-state index >= 15 is 0 Å². The number of fused-ring (bicyclic) bond motifs is 1. The van der Waals surface area contributed by atoms with E-state index in [1.165, 1.54) is 36.4 Å². The van der Waals surface area contributed by atoms with Crippen molar-refractivity contribution in [3.05, 3.63) is 59.6 Å². The highest BCUT2D eigenvalue weighted by Crippen LogP contribution is 2.29. The van der Waals surface area contributed by atoms with Gasteiger partial charge in [0.25, 0.3) is 5.95 Å². The van der Waals surface area contributed by atoms with E-state index in [1.54, 1.807) is 18.5 Å². The molecular formula is C20H18F2N6O3. The number of benzene rings is 1. The van der Waals surface area contributed by atoms with Crippen molar-refractivity contribution in [2.75, 3.05) is 13.7 Å². The fourth-order valence-corrected chi connectivity index (χ4v) is 3.12. The minimum Gasteiger partial charge on any atom is -0.479 e. The Hall–Kier alpha value is -3.89. The zero-order valence-electron chi connectivity index (χ0n) is 16.9. The van der Waals surface area contributed by atoms with Crippen LogP contribution >= 0.6 is 0 Å². The molecule has 1 atom stereocenters. The van der Waals surface area contributed by atoms with E-state index in [1.807, 2.05) is 0 Å². The molecule has 0 amide bonds. The molecule has 11 heteroatoms. The van der Waals surface area contributed by atoms with Gasteiger partial charge < -0.3 is 9.47 Å². The van der Waals surface area contributed by atoms with Crippen LogP contribution < -0.4 is 4.74 Å². The van der Waals surface area contributed by atoms with E-state index in [-0.39, 0.29) is 24.0 Å². The van der Waals surface area contributed by atoms with Gasteiger partial charge in [-0.3, -0.25) is 4.68 Å². The zero-order valence-corrected chi connectivity index (χ0v) is 16.9. The second kappa shape index (κ2) is 8.09. The molecule has 0 saturated carbocycles. The average Bonchev–Trinajstić information content (AvgIpc) is 3.42. The average molecular weight is 428 g/mol. The van der Waals surface area contributed by atoms with E-state index < -0.39 is 23.6 Å². The summed E-state index contributed by atoms with van der Waals surface area (Å²) in [7, 11) is 1.44. The van der Waals surface area contributed by atoms with Crippen LogP contribution in [0, 0.1) is 11.6 Å². The van der Waals surface area contributed by atoms with E-state index in [2.05, 4.69) is 20.2 Å². The number of methoxy groups -OCH3 is 1. The van der Waals surface area contributed by atoms with Crippen LogP contribution in [0.2, 0.25) is 0 Å². The lowest BCUT2D eigenvalue weighted by molar-refractivity contribution is 0.0526.